The van der Waals surface area contributed by atoms with Gasteiger partial charge in [0.25, 0.3) is 0 Å². The fourth-order valence-electron chi connectivity index (χ4n) is 3.58. The van der Waals surface area contributed by atoms with Gasteiger partial charge in [0.05, 0.1) is 11.0 Å². The zero-order valence-electron chi connectivity index (χ0n) is 13.9. The lowest BCUT2D eigenvalue weighted by Gasteiger charge is -2.36. The fourth-order valence-corrected chi connectivity index (χ4v) is 5.05. The Morgan fingerprint density at radius 1 is 1.04 bits per heavy atom. The molecular formula is C17H26N2O3S. The summed E-state index contributed by atoms with van der Waals surface area (Å²) < 4.78 is 32.5. The Labute approximate surface area is 139 Å². The summed E-state index contributed by atoms with van der Waals surface area (Å²) in [5.74, 6) is 0. The van der Waals surface area contributed by atoms with Crippen molar-refractivity contribution in [3.63, 3.8) is 0 Å². The number of sulfonamides is 1. The van der Waals surface area contributed by atoms with Gasteiger partial charge < -0.3 is 4.74 Å². The van der Waals surface area contributed by atoms with E-state index in [-0.39, 0.29) is 0 Å². The topological polar surface area (TPSA) is 49.9 Å². The molecule has 0 saturated carbocycles. The lowest BCUT2D eigenvalue weighted by atomic mass is 10.1. The summed E-state index contributed by atoms with van der Waals surface area (Å²) in [4.78, 5) is 2.87. The Morgan fingerprint density at radius 2 is 1.70 bits per heavy atom. The van der Waals surface area contributed by atoms with Crippen LogP contribution >= 0.6 is 0 Å². The van der Waals surface area contributed by atoms with Gasteiger partial charge in [-0.3, -0.25) is 4.90 Å². The quantitative estimate of drug-likeness (QED) is 0.841. The van der Waals surface area contributed by atoms with Crippen molar-refractivity contribution in [3.8, 4) is 0 Å². The third kappa shape index (κ3) is 3.60. The van der Waals surface area contributed by atoms with Crippen molar-refractivity contribution in [3.05, 3.63) is 29.8 Å². The molecule has 2 aliphatic heterocycles. The van der Waals surface area contributed by atoms with Gasteiger partial charge in [-0.2, -0.15) is 4.31 Å². The molecule has 6 heteroatoms. The Morgan fingerprint density at radius 3 is 2.26 bits per heavy atom. The second kappa shape index (κ2) is 6.89. The highest BCUT2D eigenvalue weighted by atomic mass is 32.2. The van der Waals surface area contributed by atoms with E-state index in [1.165, 1.54) is 0 Å². The molecule has 3 rings (SSSR count). The monoisotopic (exact) mass is 338 g/mol. The molecule has 0 aliphatic carbocycles. The third-order valence-electron chi connectivity index (χ3n) is 5.11. The largest absolute Gasteiger partial charge is 0.380 e. The highest BCUT2D eigenvalue weighted by Gasteiger charge is 2.34. The van der Waals surface area contributed by atoms with Crippen LogP contribution in [-0.4, -0.2) is 63.1 Å². The number of hydrogen-bond donors (Lipinski definition) is 0. The Balaban J connectivity index is 1.61. The maximum Gasteiger partial charge on any atom is 0.243 e. The summed E-state index contributed by atoms with van der Waals surface area (Å²) in [6, 6.07) is 7.62. The zero-order chi connectivity index (χ0) is 16.4. The van der Waals surface area contributed by atoms with Crippen LogP contribution in [0.2, 0.25) is 0 Å². The fraction of sp³-hybridized carbons (Fsp3) is 0.647. The van der Waals surface area contributed by atoms with Crippen LogP contribution in [0.3, 0.4) is 0 Å². The van der Waals surface area contributed by atoms with Crippen LogP contribution in [0, 0.1) is 6.92 Å². The molecule has 1 unspecified atom stereocenters. The van der Waals surface area contributed by atoms with E-state index in [9.17, 15) is 8.42 Å². The Kier molecular flexibility index (Phi) is 5.06. The van der Waals surface area contributed by atoms with Crippen molar-refractivity contribution >= 4 is 10.0 Å². The minimum absolute atomic E-state index is 0.337. The highest BCUT2D eigenvalue weighted by molar-refractivity contribution is 7.89. The predicted octanol–water partition coefficient (Wildman–Crippen LogP) is 1.87. The van der Waals surface area contributed by atoms with Gasteiger partial charge in [-0.15, -0.1) is 0 Å². The number of likely N-dealkylation sites (tertiary alicyclic amines) is 1. The Bertz CT molecular complexity index is 622. The number of methoxy groups -OCH3 is 1. The first-order valence-electron chi connectivity index (χ1n) is 8.34. The summed E-state index contributed by atoms with van der Waals surface area (Å²) >= 11 is 0. The Hall–Kier alpha value is -0.950. The highest BCUT2D eigenvalue weighted by Crippen LogP contribution is 2.26. The molecule has 2 heterocycles. The third-order valence-corrected chi connectivity index (χ3v) is 7.02. The number of hydrogen-bond acceptors (Lipinski definition) is 4. The number of piperidine rings is 1. The molecule has 0 N–H and O–H groups in total. The lowest BCUT2D eigenvalue weighted by Crippen LogP contribution is -2.46. The summed E-state index contributed by atoms with van der Waals surface area (Å²) in [5, 5.41) is 0. The van der Waals surface area contributed by atoms with E-state index < -0.39 is 10.0 Å². The van der Waals surface area contributed by atoms with Gasteiger partial charge in [0, 0.05) is 39.3 Å². The normalized spacial score (nSPS) is 25.0. The molecule has 1 aromatic carbocycles. The van der Waals surface area contributed by atoms with Crippen LogP contribution in [0.25, 0.3) is 0 Å². The number of aryl methyl sites for hydroxylation is 1. The van der Waals surface area contributed by atoms with Crippen molar-refractivity contribution in [1.29, 1.82) is 0 Å². The molecular weight excluding hydrogens is 312 g/mol. The van der Waals surface area contributed by atoms with Gasteiger partial charge in [-0.05, 0) is 38.3 Å². The van der Waals surface area contributed by atoms with Crippen LogP contribution in [0.5, 0.6) is 0 Å². The maximum atomic E-state index is 12.7. The van der Waals surface area contributed by atoms with E-state index in [1.54, 1.807) is 23.5 Å². The van der Waals surface area contributed by atoms with Crippen LogP contribution in [0.15, 0.2) is 29.2 Å². The van der Waals surface area contributed by atoms with Crippen LogP contribution in [-0.2, 0) is 14.8 Å². The molecule has 2 saturated heterocycles. The van der Waals surface area contributed by atoms with Crippen LogP contribution in [0.4, 0.5) is 0 Å². The molecule has 23 heavy (non-hydrogen) atoms. The number of rotatable bonds is 4. The van der Waals surface area contributed by atoms with Crippen LogP contribution < -0.4 is 0 Å². The molecule has 2 fully saturated rings. The first-order chi connectivity index (χ1) is 11.0. The average molecular weight is 338 g/mol. The molecule has 1 atom stereocenters. The molecule has 5 nitrogen and oxygen atoms in total. The number of ether oxygens (including phenoxy) is 1. The summed E-state index contributed by atoms with van der Waals surface area (Å²) in [6.07, 6.45) is 3.23. The van der Waals surface area contributed by atoms with Crippen molar-refractivity contribution in [1.82, 2.24) is 9.21 Å². The SMILES string of the molecule is COC1CCN(C2CCN(S(=O)(=O)c3ccc(C)cc3)CC2)C1. The van der Waals surface area contributed by atoms with Gasteiger partial charge in [0.2, 0.25) is 10.0 Å². The predicted molar refractivity (Wildman–Crippen MR) is 89.9 cm³/mol. The average Bonchev–Trinajstić information content (AvgIpc) is 3.04. The van der Waals surface area contributed by atoms with Gasteiger partial charge >= 0.3 is 0 Å². The summed E-state index contributed by atoms with van der Waals surface area (Å²) in [6.45, 7) is 5.22. The van der Waals surface area contributed by atoms with E-state index in [1.807, 2.05) is 19.1 Å². The second-order valence-electron chi connectivity index (χ2n) is 6.59. The standard InChI is InChI=1S/C17H26N2O3S/c1-14-3-5-17(6-4-14)23(20,21)19-11-7-15(8-12-19)18-10-9-16(13-18)22-2/h3-6,15-16H,7-13H2,1-2H3. The molecule has 0 aromatic heterocycles. The van der Waals surface area contributed by atoms with Gasteiger partial charge in [0.1, 0.15) is 0 Å². The minimum Gasteiger partial charge on any atom is -0.380 e. The smallest absolute Gasteiger partial charge is 0.243 e. The minimum atomic E-state index is -3.35. The van der Waals surface area contributed by atoms with Crippen molar-refractivity contribution in [2.45, 2.75) is 43.2 Å². The zero-order valence-corrected chi connectivity index (χ0v) is 14.8. The molecule has 0 bridgehead atoms. The number of nitrogens with zero attached hydrogens (tertiary/aromatic N) is 2. The summed E-state index contributed by atoms with van der Waals surface area (Å²) in [5.41, 5.74) is 1.07. The van der Waals surface area contributed by atoms with E-state index in [0.29, 0.717) is 30.1 Å². The lowest BCUT2D eigenvalue weighted by molar-refractivity contribution is 0.0925. The van der Waals surface area contributed by atoms with E-state index in [0.717, 1.165) is 37.9 Å². The molecule has 0 radical (unpaired) electrons. The molecule has 0 spiro atoms. The molecule has 0 amide bonds. The van der Waals surface area contributed by atoms with Gasteiger partial charge in [-0.25, -0.2) is 8.42 Å². The van der Waals surface area contributed by atoms with Crippen molar-refractivity contribution in [2.75, 3.05) is 33.3 Å². The van der Waals surface area contributed by atoms with E-state index in [2.05, 4.69) is 4.90 Å². The van der Waals surface area contributed by atoms with Crippen LogP contribution in [0.1, 0.15) is 24.8 Å². The van der Waals surface area contributed by atoms with Gasteiger partial charge in [-0.1, -0.05) is 17.7 Å². The number of benzene rings is 1. The molecule has 128 valence electrons. The maximum absolute atomic E-state index is 12.7. The van der Waals surface area contributed by atoms with Crippen molar-refractivity contribution in [2.24, 2.45) is 0 Å². The first-order valence-corrected chi connectivity index (χ1v) is 9.78. The van der Waals surface area contributed by atoms with E-state index >= 15 is 0 Å². The van der Waals surface area contributed by atoms with Crippen molar-refractivity contribution < 1.29 is 13.2 Å². The van der Waals surface area contributed by atoms with Gasteiger partial charge in [0.15, 0.2) is 0 Å². The first kappa shape index (κ1) is 16.9. The second-order valence-corrected chi connectivity index (χ2v) is 8.53. The van der Waals surface area contributed by atoms with E-state index in [4.69, 9.17) is 4.74 Å². The molecule has 2 aliphatic rings. The molecule has 1 aromatic rings. The summed E-state index contributed by atoms with van der Waals surface area (Å²) in [7, 11) is -1.58.